The molecule has 0 bridgehead atoms. The van der Waals surface area contributed by atoms with Crippen molar-refractivity contribution < 1.29 is 4.39 Å². The van der Waals surface area contributed by atoms with Crippen LogP contribution in [0.5, 0.6) is 0 Å². The molecule has 1 aromatic carbocycles. The lowest BCUT2D eigenvalue weighted by Crippen LogP contribution is -2.03. The van der Waals surface area contributed by atoms with Crippen LogP contribution in [0.25, 0.3) is 0 Å². The summed E-state index contributed by atoms with van der Waals surface area (Å²) in [5.74, 6) is 0. The molecular weight excluding hydrogens is 280 g/mol. The van der Waals surface area contributed by atoms with Gasteiger partial charge in [-0.2, -0.15) is 0 Å². The Balaban J connectivity index is 2.92. The van der Waals surface area contributed by atoms with Gasteiger partial charge >= 0.3 is 0 Å². The summed E-state index contributed by atoms with van der Waals surface area (Å²) in [5, 5.41) is 3.76. The maximum Gasteiger partial charge on any atom is 0.107 e. The van der Waals surface area contributed by atoms with Crippen LogP contribution in [0.3, 0.4) is 0 Å². The van der Waals surface area contributed by atoms with Gasteiger partial charge in [-0.25, -0.2) is 4.39 Å². The third-order valence-electron chi connectivity index (χ3n) is 1.40. The number of anilines is 1. The van der Waals surface area contributed by atoms with E-state index in [1.165, 1.54) is 0 Å². The first-order chi connectivity index (χ1) is 6.15. The first kappa shape index (κ1) is 11.1. The molecule has 0 amide bonds. The van der Waals surface area contributed by atoms with E-state index < -0.39 is 6.67 Å². The van der Waals surface area contributed by atoms with Crippen LogP contribution in [0.4, 0.5) is 10.1 Å². The van der Waals surface area contributed by atoms with E-state index in [1.54, 1.807) is 12.1 Å². The molecule has 0 aliphatic rings. The van der Waals surface area contributed by atoms with E-state index in [-0.39, 0.29) is 6.54 Å². The average molecular weight is 287 g/mol. The van der Waals surface area contributed by atoms with Crippen LogP contribution in [0, 0.1) is 0 Å². The summed E-state index contributed by atoms with van der Waals surface area (Å²) in [7, 11) is 0. The monoisotopic (exact) mass is 285 g/mol. The zero-order valence-electron chi connectivity index (χ0n) is 6.58. The van der Waals surface area contributed by atoms with Gasteiger partial charge in [0.2, 0.25) is 0 Å². The molecule has 5 heteroatoms. The highest BCUT2D eigenvalue weighted by molar-refractivity contribution is 9.10. The molecule has 0 atom stereocenters. The summed E-state index contributed by atoms with van der Waals surface area (Å²) < 4.78 is 12.7. The van der Waals surface area contributed by atoms with Crippen LogP contribution < -0.4 is 5.32 Å². The average Bonchev–Trinajstić information content (AvgIpc) is 2.02. The van der Waals surface area contributed by atoms with Crippen molar-refractivity contribution in [2.24, 2.45) is 0 Å². The van der Waals surface area contributed by atoms with Gasteiger partial charge < -0.3 is 5.32 Å². The van der Waals surface area contributed by atoms with E-state index in [0.717, 1.165) is 4.47 Å². The summed E-state index contributed by atoms with van der Waals surface area (Å²) in [5.41, 5.74) is 0.573. The molecule has 1 nitrogen and oxygen atoms in total. The zero-order valence-corrected chi connectivity index (χ0v) is 9.68. The molecule has 1 N–H and O–H groups in total. The number of halogens is 4. The number of alkyl halides is 1. The quantitative estimate of drug-likeness (QED) is 0.881. The molecule has 1 aromatic rings. The van der Waals surface area contributed by atoms with Gasteiger partial charge in [0.15, 0.2) is 0 Å². The maximum atomic E-state index is 11.9. The van der Waals surface area contributed by atoms with Gasteiger partial charge in [0.05, 0.1) is 15.7 Å². The van der Waals surface area contributed by atoms with Gasteiger partial charge in [-0.3, -0.25) is 0 Å². The van der Waals surface area contributed by atoms with Gasteiger partial charge in [0.1, 0.15) is 6.67 Å². The van der Waals surface area contributed by atoms with E-state index in [0.29, 0.717) is 15.7 Å². The maximum absolute atomic E-state index is 11.9. The summed E-state index contributed by atoms with van der Waals surface area (Å²) in [4.78, 5) is 0. The SMILES string of the molecule is FCCNc1c(Cl)cc(Br)cc1Cl. The van der Waals surface area contributed by atoms with E-state index in [2.05, 4.69) is 21.2 Å². The predicted octanol–water partition coefficient (Wildman–Crippen LogP) is 4.14. The second-order valence-electron chi connectivity index (χ2n) is 2.36. The predicted molar refractivity (Wildman–Crippen MR) is 58.6 cm³/mol. The summed E-state index contributed by atoms with van der Waals surface area (Å²) in [6.07, 6.45) is 0. The zero-order chi connectivity index (χ0) is 9.84. The Bertz CT molecular complexity index is 283. The Labute approximate surface area is 94.4 Å². The molecule has 0 unspecified atom stereocenters. The highest BCUT2D eigenvalue weighted by Crippen LogP contribution is 2.33. The fraction of sp³-hybridized carbons (Fsp3) is 0.250. The van der Waals surface area contributed by atoms with Crippen LogP contribution in [0.2, 0.25) is 10.0 Å². The lowest BCUT2D eigenvalue weighted by atomic mass is 10.3. The van der Waals surface area contributed by atoms with Gasteiger partial charge in [-0.05, 0) is 12.1 Å². The van der Waals surface area contributed by atoms with Crippen molar-refractivity contribution in [1.82, 2.24) is 0 Å². The summed E-state index contributed by atoms with van der Waals surface area (Å²) in [6.45, 7) is -0.246. The molecule has 13 heavy (non-hydrogen) atoms. The molecule has 0 aliphatic carbocycles. The Morgan fingerprint density at radius 2 is 1.85 bits per heavy atom. The largest absolute Gasteiger partial charge is 0.380 e. The minimum Gasteiger partial charge on any atom is -0.380 e. The van der Waals surface area contributed by atoms with Crippen molar-refractivity contribution in [2.45, 2.75) is 0 Å². The molecular formula is C8H7BrCl2FN. The lowest BCUT2D eigenvalue weighted by Gasteiger charge is -2.08. The van der Waals surface area contributed by atoms with E-state index >= 15 is 0 Å². The molecule has 0 aromatic heterocycles. The third-order valence-corrected chi connectivity index (χ3v) is 2.46. The van der Waals surface area contributed by atoms with Crippen LogP contribution in [-0.2, 0) is 0 Å². The molecule has 0 radical (unpaired) electrons. The number of benzene rings is 1. The Morgan fingerprint density at radius 3 is 2.31 bits per heavy atom. The van der Waals surface area contributed by atoms with E-state index in [4.69, 9.17) is 23.2 Å². The summed E-state index contributed by atoms with van der Waals surface area (Å²) in [6, 6.07) is 3.40. The lowest BCUT2D eigenvalue weighted by molar-refractivity contribution is 0.513. The molecule has 0 aliphatic heterocycles. The fourth-order valence-electron chi connectivity index (χ4n) is 0.883. The van der Waals surface area contributed by atoms with Gasteiger partial charge in [0.25, 0.3) is 0 Å². The number of hydrogen-bond donors (Lipinski definition) is 1. The van der Waals surface area contributed by atoms with Crippen molar-refractivity contribution in [3.63, 3.8) is 0 Å². The second-order valence-corrected chi connectivity index (χ2v) is 4.09. The molecule has 72 valence electrons. The minimum absolute atomic E-state index is 0.209. The van der Waals surface area contributed by atoms with E-state index in [1.807, 2.05) is 0 Å². The molecule has 1 rings (SSSR count). The van der Waals surface area contributed by atoms with Crippen LogP contribution in [0.15, 0.2) is 16.6 Å². The minimum atomic E-state index is -0.456. The normalized spacial score (nSPS) is 10.2. The Morgan fingerprint density at radius 1 is 1.31 bits per heavy atom. The second kappa shape index (κ2) is 5.03. The van der Waals surface area contributed by atoms with Gasteiger partial charge in [-0.15, -0.1) is 0 Å². The highest BCUT2D eigenvalue weighted by atomic mass is 79.9. The van der Waals surface area contributed by atoms with E-state index in [9.17, 15) is 4.39 Å². The highest BCUT2D eigenvalue weighted by Gasteiger charge is 2.06. The Hall–Kier alpha value is 0.01000. The number of rotatable bonds is 3. The van der Waals surface area contributed by atoms with Crippen LogP contribution in [-0.4, -0.2) is 13.2 Å². The van der Waals surface area contributed by atoms with Crippen molar-refractivity contribution in [1.29, 1.82) is 0 Å². The van der Waals surface area contributed by atoms with Crippen molar-refractivity contribution in [2.75, 3.05) is 18.5 Å². The molecule has 0 spiro atoms. The third kappa shape index (κ3) is 3.01. The van der Waals surface area contributed by atoms with Crippen LogP contribution >= 0.6 is 39.1 Å². The van der Waals surface area contributed by atoms with Crippen LogP contribution in [0.1, 0.15) is 0 Å². The smallest absolute Gasteiger partial charge is 0.107 e. The Kier molecular flexibility index (Phi) is 4.29. The van der Waals surface area contributed by atoms with Crippen molar-refractivity contribution in [3.8, 4) is 0 Å². The molecule has 0 heterocycles. The first-order valence-electron chi connectivity index (χ1n) is 3.59. The molecule has 0 fully saturated rings. The molecule has 0 saturated heterocycles. The van der Waals surface area contributed by atoms with Gasteiger partial charge in [0, 0.05) is 11.0 Å². The standard InChI is InChI=1S/C8H7BrCl2FN/c9-5-3-6(10)8(7(11)4-5)13-2-1-12/h3-4,13H,1-2H2. The summed E-state index contributed by atoms with van der Waals surface area (Å²) >= 11 is 15.0. The van der Waals surface area contributed by atoms with Crippen molar-refractivity contribution in [3.05, 3.63) is 26.7 Å². The fourth-order valence-corrected chi connectivity index (χ4v) is 2.23. The number of nitrogens with one attached hydrogen (secondary N) is 1. The van der Waals surface area contributed by atoms with Gasteiger partial charge in [-0.1, -0.05) is 39.1 Å². The molecule has 0 saturated carbocycles. The first-order valence-corrected chi connectivity index (χ1v) is 5.14. The topological polar surface area (TPSA) is 12.0 Å². The van der Waals surface area contributed by atoms with Crippen molar-refractivity contribution >= 4 is 44.8 Å². The number of hydrogen-bond acceptors (Lipinski definition) is 1.